The van der Waals surface area contributed by atoms with E-state index in [1.165, 1.54) is 11.3 Å². The van der Waals surface area contributed by atoms with Gasteiger partial charge in [0.2, 0.25) is 5.91 Å². The van der Waals surface area contributed by atoms with Crippen LogP contribution in [0.3, 0.4) is 0 Å². The number of anilines is 1. The number of nitrogens with zero attached hydrogens (tertiary/aromatic N) is 1. The Morgan fingerprint density at radius 1 is 1.03 bits per heavy atom. The summed E-state index contributed by atoms with van der Waals surface area (Å²) >= 11 is 1.37. The van der Waals surface area contributed by atoms with Crippen molar-refractivity contribution in [3.63, 3.8) is 0 Å². The Bertz CT molecular complexity index is 1040. The summed E-state index contributed by atoms with van der Waals surface area (Å²) in [4.78, 5) is 28.5. The highest BCUT2D eigenvalue weighted by Gasteiger charge is 2.11. The Morgan fingerprint density at radius 2 is 1.77 bits per heavy atom. The zero-order chi connectivity index (χ0) is 22.2. The molecular formula is C24H26N2O4S. The molecule has 3 aromatic rings. The number of hydrogen-bond donors (Lipinski definition) is 1. The monoisotopic (exact) mass is 438 g/mol. The van der Waals surface area contributed by atoms with Gasteiger partial charge in [0.15, 0.2) is 0 Å². The molecule has 1 aromatic heterocycles. The average Bonchev–Trinajstić information content (AvgIpc) is 3.18. The molecule has 31 heavy (non-hydrogen) atoms. The van der Waals surface area contributed by atoms with Crippen molar-refractivity contribution in [1.82, 2.24) is 4.98 Å². The van der Waals surface area contributed by atoms with Crippen LogP contribution in [0.25, 0.3) is 0 Å². The molecular weight excluding hydrogens is 412 g/mol. The topological polar surface area (TPSA) is 77.5 Å². The van der Waals surface area contributed by atoms with Crippen LogP contribution in [0.2, 0.25) is 0 Å². The molecule has 0 aliphatic carbocycles. The number of rotatable bonds is 9. The minimum absolute atomic E-state index is 0.0817. The predicted octanol–water partition coefficient (Wildman–Crippen LogP) is 4.76. The van der Waals surface area contributed by atoms with Crippen molar-refractivity contribution in [2.75, 3.05) is 11.9 Å². The van der Waals surface area contributed by atoms with E-state index in [4.69, 9.17) is 9.47 Å². The number of benzene rings is 2. The second-order valence-electron chi connectivity index (χ2n) is 7.35. The molecule has 0 saturated heterocycles. The molecule has 0 bridgehead atoms. The lowest BCUT2D eigenvalue weighted by Crippen LogP contribution is -2.14. The van der Waals surface area contributed by atoms with Crippen LogP contribution in [0.5, 0.6) is 5.75 Å². The van der Waals surface area contributed by atoms with Gasteiger partial charge in [0.25, 0.3) is 0 Å². The van der Waals surface area contributed by atoms with Gasteiger partial charge in [-0.25, -0.2) is 4.98 Å². The average molecular weight is 439 g/mol. The van der Waals surface area contributed by atoms with Crippen molar-refractivity contribution >= 4 is 28.9 Å². The molecule has 1 heterocycles. The van der Waals surface area contributed by atoms with E-state index in [0.29, 0.717) is 10.7 Å². The van der Waals surface area contributed by atoms with Gasteiger partial charge in [0.1, 0.15) is 17.4 Å². The Kier molecular flexibility index (Phi) is 7.78. The number of nitrogens with one attached hydrogen (secondary N) is 1. The molecule has 0 aliphatic rings. The molecule has 7 heteroatoms. The zero-order valence-electron chi connectivity index (χ0n) is 17.9. The standard InChI is InChI=1S/C24H26N2O4S/c1-16-5-8-19(9-6-16)25-22(27)13-23-26-20(15-31-23)14-30-24(28)10-11-29-21-12-17(2)4-7-18(21)3/h4-9,12,15H,10-11,13-14H2,1-3H3,(H,25,27). The summed E-state index contributed by atoms with van der Waals surface area (Å²) in [6.07, 6.45) is 0.333. The fraction of sp³-hybridized carbons (Fsp3) is 0.292. The molecule has 162 valence electrons. The van der Waals surface area contributed by atoms with Crippen LogP contribution < -0.4 is 10.1 Å². The molecule has 1 amide bonds. The maximum absolute atomic E-state index is 12.2. The Morgan fingerprint density at radius 3 is 2.55 bits per heavy atom. The Hall–Kier alpha value is -3.19. The predicted molar refractivity (Wildman–Crippen MR) is 121 cm³/mol. The fourth-order valence-electron chi connectivity index (χ4n) is 2.81. The summed E-state index contributed by atoms with van der Waals surface area (Å²) in [5.41, 5.74) is 4.65. The zero-order valence-corrected chi connectivity index (χ0v) is 18.8. The summed E-state index contributed by atoms with van der Waals surface area (Å²) < 4.78 is 11.0. The number of aromatic nitrogens is 1. The third kappa shape index (κ3) is 7.22. The van der Waals surface area contributed by atoms with Crippen molar-refractivity contribution in [3.05, 3.63) is 75.2 Å². The summed E-state index contributed by atoms with van der Waals surface area (Å²) in [6, 6.07) is 13.6. The van der Waals surface area contributed by atoms with Gasteiger partial charge in [-0.15, -0.1) is 11.3 Å². The van der Waals surface area contributed by atoms with E-state index in [-0.39, 0.29) is 37.9 Å². The fourth-order valence-corrected chi connectivity index (χ4v) is 3.59. The molecule has 0 spiro atoms. The van der Waals surface area contributed by atoms with E-state index in [9.17, 15) is 9.59 Å². The van der Waals surface area contributed by atoms with Gasteiger partial charge in [0, 0.05) is 11.1 Å². The van der Waals surface area contributed by atoms with E-state index in [1.54, 1.807) is 5.38 Å². The SMILES string of the molecule is Cc1ccc(NC(=O)Cc2nc(COC(=O)CCOc3cc(C)ccc3C)cs2)cc1. The summed E-state index contributed by atoms with van der Waals surface area (Å²) in [5, 5.41) is 5.32. The molecule has 0 unspecified atom stereocenters. The van der Waals surface area contributed by atoms with Gasteiger partial charge < -0.3 is 14.8 Å². The van der Waals surface area contributed by atoms with Crippen LogP contribution in [0.1, 0.15) is 33.8 Å². The van der Waals surface area contributed by atoms with Gasteiger partial charge in [-0.1, -0.05) is 29.8 Å². The number of ether oxygens (including phenoxy) is 2. The number of thiazole rings is 1. The highest BCUT2D eigenvalue weighted by atomic mass is 32.1. The van der Waals surface area contributed by atoms with Crippen LogP contribution in [-0.4, -0.2) is 23.5 Å². The van der Waals surface area contributed by atoms with Crippen LogP contribution >= 0.6 is 11.3 Å². The normalized spacial score (nSPS) is 10.5. The minimum atomic E-state index is -0.350. The van der Waals surface area contributed by atoms with E-state index >= 15 is 0 Å². The second-order valence-corrected chi connectivity index (χ2v) is 8.29. The summed E-state index contributed by atoms with van der Waals surface area (Å²) in [6.45, 7) is 6.29. The molecule has 0 aliphatic heterocycles. The van der Waals surface area contributed by atoms with Gasteiger partial charge in [-0.05, 0) is 50.1 Å². The molecule has 0 atom stereocenters. The number of aryl methyl sites for hydroxylation is 3. The maximum Gasteiger partial charge on any atom is 0.309 e. The van der Waals surface area contributed by atoms with Crippen molar-refractivity contribution in [2.24, 2.45) is 0 Å². The highest BCUT2D eigenvalue weighted by Crippen LogP contribution is 2.19. The van der Waals surface area contributed by atoms with Crippen LogP contribution in [-0.2, 0) is 27.4 Å². The Labute approximate surface area is 186 Å². The van der Waals surface area contributed by atoms with Crippen molar-refractivity contribution in [2.45, 2.75) is 40.2 Å². The van der Waals surface area contributed by atoms with Gasteiger partial charge in [-0.2, -0.15) is 0 Å². The highest BCUT2D eigenvalue weighted by molar-refractivity contribution is 7.09. The number of esters is 1. The Balaban J connectivity index is 1.39. The number of amides is 1. The smallest absolute Gasteiger partial charge is 0.309 e. The maximum atomic E-state index is 12.2. The lowest BCUT2D eigenvalue weighted by molar-refractivity contribution is -0.145. The van der Waals surface area contributed by atoms with Crippen molar-refractivity contribution in [3.8, 4) is 5.75 Å². The van der Waals surface area contributed by atoms with Crippen LogP contribution in [0.4, 0.5) is 5.69 Å². The van der Waals surface area contributed by atoms with Crippen LogP contribution in [0.15, 0.2) is 47.8 Å². The summed E-state index contributed by atoms with van der Waals surface area (Å²) in [5.74, 6) is 0.295. The molecule has 3 rings (SSSR count). The molecule has 2 aromatic carbocycles. The first kappa shape index (κ1) is 22.5. The van der Waals surface area contributed by atoms with E-state index in [0.717, 1.165) is 28.1 Å². The third-order valence-corrected chi connectivity index (χ3v) is 5.43. The van der Waals surface area contributed by atoms with Crippen molar-refractivity contribution in [1.29, 1.82) is 0 Å². The van der Waals surface area contributed by atoms with E-state index < -0.39 is 0 Å². The quantitative estimate of drug-likeness (QED) is 0.487. The summed E-state index contributed by atoms with van der Waals surface area (Å²) in [7, 11) is 0. The largest absolute Gasteiger partial charge is 0.493 e. The second kappa shape index (κ2) is 10.7. The van der Waals surface area contributed by atoms with Gasteiger partial charge in [0.05, 0.1) is 25.1 Å². The molecule has 0 fully saturated rings. The van der Waals surface area contributed by atoms with Gasteiger partial charge >= 0.3 is 5.97 Å². The lowest BCUT2D eigenvalue weighted by atomic mass is 10.1. The molecule has 1 N–H and O–H groups in total. The molecule has 0 radical (unpaired) electrons. The van der Waals surface area contributed by atoms with Crippen LogP contribution in [0, 0.1) is 20.8 Å². The number of hydrogen-bond acceptors (Lipinski definition) is 6. The van der Waals surface area contributed by atoms with E-state index in [2.05, 4.69) is 10.3 Å². The lowest BCUT2D eigenvalue weighted by Gasteiger charge is -2.09. The molecule has 6 nitrogen and oxygen atoms in total. The first-order valence-electron chi connectivity index (χ1n) is 10.0. The van der Waals surface area contributed by atoms with Crippen molar-refractivity contribution < 1.29 is 19.1 Å². The number of carbonyl (C=O) groups excluding carboxylic acids is 2. The van der Waals surface area contributed by atoms with Gasteiger partial charge in [-0.3, -0.25) is 9.59 Å². The minimum Gasteiger partial charge on any atom is -0.493 e. The molecule has 0 saturated carbocycles. The third-order valence-electron chi connectivity index (χ3n) is 4.53. The van der Waals surface area contributed by atoms with E-state index in [1.807, 2.05) is 63.2 Å². The first-order chi connectivity index (χ1) is 14.9. The first-order valence-corrected chi connectivity index (χ1v) is 10.9. The number of carbonyl (C=O) groups is 2.